The third-order valence-corrected chi connectivity index (χ3v) is 4.89. The number of rotatable bonds is 1. The fourth-order valence-corrected chi connectivity index (χ4v) is 3.70. The van der Waals surface area contributed by atoms with Crippen molar-refractivity contribution in [2.24, 2.45) is 0 Å². The van der Waals surface area contributed by atoms with Crippen LogP contribution in [0, 0.1) is 11.8 Å². The summed E-state index contributed by atoms with van der Waals surface area (Å²) in [6.07, 6.45) is 0. The molecule has 3 nitrogen and oxygen atoms in total. The molecular formula is C23H19N3. The van der Waals surface area contributed by atoms with Crippen LogP contribution in [0.25, 0.3) is 43.6 Å². The molecule has 5 rings (SSSR count). The number of para-hydroxylation sites is 2. The maximum Gasteiger partial charge on any atom is 0.0728 e. The summed E-state index contributed by atoms with van der Waals surface area (Å²) in [7, 11) is 4.08. The Hall–Kier alpha value is -3.22. The molecule has 3 aromatic carbocycles. The van der Waals surface area contributed by atoms with Gasteiger partial charge < -0.3 is 9.97 Å². The second-order valence-electron chi connectivity index (χ2n) is 6.98. The molecule has 0 amide bonds. The standard InChI is InChI=1S/C23H19N3/c1-26(2)13-7-10-17-22-18(15-8-3-5-11-20(15)24-22)14-19-16-9-4-6-12-21(16)25-23(17)19/h3-6,8-9,11-12,14,24-25H,13H2,1-2H3. The molecule has 0 bridgehead atoms. The van der Waals surface area contributed by atoms with E-state index in [2.05, 4.69) is 81.3 Å². The molecule has 0 saturated carbocycles. The first-order valence-electron chi connectivity index (χ1n) is 8.80. The van der Waals surface area contributed by atoms with Crippen LogP contribution in [0.4, 0.5) is 0 Å². The van der Waals surface area contributed by atoms with Crippen molar-refractivity contribution in [1.82, 2.24) is 14.9 Å². The fraction of sp³-hybridized carbons (Fsp3) is 0.130. The van der Waals surface area contributed by atoms with Gasteiger partial charge in [0.2, 0.25) is 0 Å². The number of nitrogens with zero attached hydrogens (tertiary/aromatic N) is 1. The lowest BCUT2D eigenvalue weighted by atomic mass is 10.0. The third-order valence-electron chi connectivity index (χ3n) is 4.89. The first-order valence-corrected chi connectivity index (χ1v) is 8.80. The second-order valence-corrected chi connectivity index (χ2v) is 6.98. The zero-order valence-corrected chi connectivity index (χ0v) is 14.9. The molecule has 26 heavy (non-hydrogen) atoms. The molecule has 0 radical (unpaired) electrons. The minimum atomic E-state index is 0.734. The van der Waals surface area contributed by atoms with Gasteiger partial charge in [-0.2, -0.15) is 0 Å². The fourth-order valence-electron chi connectivity index (χ4n) is 3.70. The van der Waals surface area contributed by atoms with Gasteiger partial charge in [-0.25, -0.2) is 0 Å². The molecule has 3 heteroatoms. The molecule has 0 spiro atoms. The number of aromatic nitrogens is 2. The summed E-state index contributed by atoms with van der Waals surface area (Å²) >= 11 is 0. The second kappa shape index (κ2) is 5.66. The Bertz CT molecular complexity index is 1250. The summed E-state index contributed by atoms with van der Waals surface area (Å²) < 4.78 is 0. The highest BCUT2D eigenvalue weighted by Crippen LogP contribution is 2.36. The molecular weight excluding hydrogens is 318 g/mol. The van der Waals surface area contributed by atoms with Crippen molar-refractivity contribution in [3.63, 3.8) is 0 Å². The predicted molar refractivity (Wildman–Crippen MR) is 111 cm³/mol. The summed E-state index contributed by atoms with van der Waals surface area (Å²) in [6.45, 7) is 0.734. The Balaban J connectivity index is 1.95. The van der Waals surface area contributed by atoms with Crippen LogP contribution in [0.15, 0.2) is 54.6 Å². The highest BCUT2D eigenvalue weighted by atomic mass is 15.0. The average Bonchev–Trinajstić information content (AvgIpc) is 3.19. The Morgan fingerprint density at radius 1 is 0.769 bits per heavy atom. The number of hydrogen-bond acceptors (Lipinski definition) is 1. The predicted octanol–water partition coefficient (Wildman–Crippen LogP) is 4.87. The van der Waals surface area contributed by atoms with Gasteiger partial charge in [0.05, 0.1) is 23.1 Å². The Kier molecular flexibility index (Phi) is 3.28. The monoisotopic (exact) mass is 337 g/mol. The summed E-state index contributed by atoms with van der Waals surface area (Å²) in [5, 5.41) is 4.94. The molecule has 0 aliphatic heterocycles. The SMILES string of the molecule is CN(C)CC#Cc1c2[nH]c3ccccc3c2cc2c1[nH]c1ccccc12. The van der Waals surface area contributed by atoms with Gasteiger partial charge in [0.1, 0.15) is 0 Å². The van der Waals surface area contributed by atoms with E-state index in [9.17, 15) is 0 Å². The molecule has 0 aliphatic carbocycles. The summed E-state index contributed by atoms with van der Waals surface area (Å²) in [5.74, 6) is 6.74. The van der Waals surface area contributed by atoms with Crippen LogP contribution in [-0.4, -0.2) is 35.5 Å². The summed E-state index contributed by atoms with van der Waals surface area (Å²) in [6, 6.07) is 19.2. The Morgan fingerprint density at radius 2 is 1.31 bits per heavy atom. The molecule has 0 saturated heterocycles. The van der Waals surface area contributed by atoms with Gasteiger partial charge in [0, 0.05) is 32.6 Å². The number of nitrogens with one attached hydrogen (secondary N) is 2. The van der Waals surface area contributed by atoms with Crippen molar-refractivity contribution in [2.45, 2.75) is 0 Å². The number of aromatic amines is 2. The van der Waals surface area contributed by atoms with Gasteiger partial charge in [-0.05, 0) is 32.3 Å². The van der Waals surface area contributed by atoms with E-state index in [1.165, 1.54) is 21.5 Å². The first kappa shape index (κ1) is 15.1. The van der Waals surface area contributed by atoms with Gasteiger partial charge in [0.25, 0.3) is 0 Å². The highest BCUT2D eigenvalue weighted by molar-refractivity contribution is 6.20. The molecule has 0 aliphatic rings. The average molecular weight is 337 g/mol. The minimum absolute atomic E-state index is 0.734. The molecule has 0 fully saturated rings. The van der Waals surface area contributed by atoms with E-state index in [-0.39, 0.29) is 0 Å². The lowest BCUT2D eigenvalue weighted by Gasteiger charge is -2.02. The van der Waals surface area contributed by atoms with Gasteiger partial charge in [0.15, 0.2) is 0 Å². The van der Waals surface area contributed by atoms with Gasteiger partial charge in [-0.15, -0.1) is 0 Å². The van der Waals surface area contributed by atoms with E-state index < -0.39 is 0 Å². The molecule has 0 atom stereocenters. The van der Waals surface area contributed by atoms with Crippen LogP contribution < -0.4 is 0 Å². The smallest absolute Gasteiger partial charge is 0.0728 e. The number of benzene rings is 3. The zero-order chi connectivity index (χ0) is 17.7. The van der Waals surface area contributed by atoms with Crippen molar-refractivity contribution < 1.29 is 0 Å². The van der Waals surface area contributed by atoms with Gasteiger partial charge in [-0.3, -0.25) is 4.90 Å². The van der Waals surface area contributed by atoms with Crippen molar-refractivity contribution in [1.29, 1.82) is 0 Å². The van der Waals surface area contributed by atoms with Crippen molar-refractivity contribution in [3.8, 4) is 11.8 Å². The van der Waals surface area contributed by atoms with E-state index >= 15 is 0 Å². The Labute approximate surface area is 151 Å². The van der Waals surface area contributed by atoms with E-state index in [0.29, 0.717) is 0 Å². The van der Waals surface area contributed by atoms with Crippen molar-refractivity contribution in [3.05, 3.63) is 60.2 Å². The molecule has 2 aromatic heterocycles. The maximum absolute atomic E-state index is 3.59. The number of fused-ring (bicyclic) bond motifs is 6. The zero-order valence-electron chi connectivity index (χ0n) is 14.9. The van der Waals surface area contributed by atoms with Crippen LogP contribution in [0.5, 0.6) is 0 Å². The van der Waals surface area contributed by atoms with E-state index in [1.54, 1.807) is 0 Å². The normalized spacial score (nSPS) is 11.7. The van der Waals surface area contributed by atoms with E-state index in [1.807, 2.05) is 14.1 Å². The lowest BCUT2D eigenvalue weighted by Crippen LogP contribution is -2.10. The van der Waals surface area contributed by atoms with Crippen LogP contribution in [0.1, 0.15) is 5.56 Å². The van der Waals surface area contributed by atoms with Crippen molar-refractivity contribution in [2.75, 3.05) is 20.6 Å². The van der Waals surface area contributed by atoms with E-state index in [4.69, 9.17) is 0 Å². The molecule has 0 unspecified atom stereocenters. The number of H-pyrrole nitrogens is 2. The molecule has 126 valence electrons. The Morgan fingerprint density at radius 3 is 1.85 bits per heavy atom. The first-order chi connectivity index (χ1) is 12.7. The summed E-state index contributed by atoms with van der Waals surface area (Å²) in [5.41, 5.74) is 5.56. The molecule has 2 N–H and O–H groups in total. The van der Waals surface area contributed by atoms with E-state index in [0.717, 1.165) is 34.2 Å². The van der Waals surface area contributed by atoms with Gasteiger partial charge in [-0.1, -0.05) is 48.2 Å². The molecule has 5 aromatic rings. The number of hydrogen-bond donors (Lipinski definition) is 2. The van der Waals surface area contributed by atoms with Crippen LogP contribution >= 0.6 is 0 Å². The van der Waals surface area contributed by atoms with Crippen LogP contribution in [0.3, 0.4) is 0 Å². The quantitative estimate of drug-likeness (QED) is 0.421. The van der Waals surface area contributed by atoms with Crippen LogP contribution in [0.2, 0.25) is 0 Å². The topological polar surface area (TPSA) is 34.8 Å². The minimum Gasteiger partial charge on any atom is -0.353 e. The maximum atomic E-state index is 3.59. The lowest BCUT2D eigenvalue weighted by molar-refractivity contribution is 0.464. The highest BCUT2D eigenvalue weighted by Gasteiger charge is 2.14. The van der Waals surface area contributed by atoms with Crippen LogP contribution in [-0.2, 0) is 0 Å². The summed E-state index contributed by atoms with van der Waals surface area (Å²) in [4.78, 5) is 9.25. The molecule has 2 heterocycles. The largest absolute Gasteiger partial charge is 0.353 e. The third kappa shape index (κ3) is 2.20. The van der Waals surface area contributed by atoms with Gasteiger partial charge >= 0.3 is 0 Å². The van der Waals surface area contributed by atoms with Crippen molar-refractivity contribution >= 4 is 43.6 Å².